The van der Waals surface area contributed by atoms with Crippen LogP contribution >= 0.6 is 0 Å². The largest absolute Gasteiger partial charge is 0.423 e. The number of benzene rings is 4. The molecule has 0 radical (unpaired) electrons. The Kier molecular flexibility index (Phi) is 7.41. The molecule has 6 nitrogen and oxygen atoms in total. The van der Waals surface area contributed by atoms with Crippen molar-refractivity contribution in [1.29, 1.82) is 0 Å². The molecule has 9 heteroatoms. The minimum Gasteiger partial charge on any atom is -0.423 e. The van der Waals surface area contributed by atoms with Gasteiger partial charge in [-0.1, -0.05) is 66.7 Å². The van der Waals surface area contributed by atoms with Gasteiger partial charge in [0.15, 0.2) is 0 Å². The zero-order valence-corrected chi connectivity index (χ0v) is 22.8. The molecule has 0 saturated carbocycles. The Hall–Kier alpha value is -5.02. The Morgan fingerprint density at radius 1 is 0.907 bits per heavy atom. The number of esters is 1. The molecule has 0 saturated heterocycles. The van der Waals surface area contributed by atoms with Gasteiger partial charge in [-0.05, 0) is 65.1 Å². The zero-order valence-electron chi connectivity index (χ0n) is 22.8. The molecular formula is C34H26F3N3O3. The van der Waals surface area contributed by atoms with Crippen LogP contribution in [0.25, 0.3) is 22.0 Å². The van der Waals surface area contributed by atoms with E-state index in [9.17, 15) is 22.8 Å². The number of fused-ring (bicyclic) bond motifs is 2. The molecule has 1 atom stereocenters. The smallest absolute Gasteiger partial charge is 0.416 e. The molecule has 1 aromatic heterocycles. The van der Waals surface area contributed by atoms with Gasteiger partial charge in [-0.2, -0.15) is 13.2 Å². The van der Waals surface area contributed by atoms with E-state index >= 15 is 0 Å². The Morgan fingerprint density at radius 2 is 1.67 bits per heavy atom. The first kappa shape index (κ1) is 28.1. The van der Waals surface area contributed by atoms with Crippen molar-refractivity contribution in [2.24, 2.45) is 5.73 Å². The first-order valence-electron chi connectivity index (χ1n) is 13.7. The molecule has 1 amide bonds. The van der Waals surface area contributed by atoms with Gasteiger partial charge in [0.2, 0.25) is 5.91 Å². The Bertz CT molecular complexity index is 1840. The third-order valence-corrected chi connectivity index (χ3v) is 7.60. The van der Waals surface area contributed by atoms with Crippen molar-refractivity contribution in [3.63, 3.8) is 0 Å². The van der Waals surface area contributed by atoms with E-state index in [1.807, 2.05) is 41.3 Å². The second-order valence-electron chi connectivity index (χ2n) is 10.4. The van der Waals surface area contributed by atoms with Gasteiger partial charge in [-0.3, -0.25) is 14.7 Å². The van der Waals surface area contributed by atoms with E-state index in [-0.39, 0.29) is 11.3 Å². The fourth-order valence-corrected chi connectivity index (χ4v) is 5.55. The van der Waals surface area contributed by atoms with Gasteiger partial charge in [-0.25, -0.2) is 4.79 Å². The number of rotatable bonds is 6. The number of nitrogens with zero attached hydrogens (tertiary/aromatic N) is 2. The van der Waals surface area contributed by atoms with Crippen LogP contribution in [-0.2, 0) is 23.9 Å². The van der Waals surface area contributed by atoms with Crippen LogP contribution in [0.5, 0.6) is 5.75 Å². The van der Waals surface area contributed by atoms with Gasteiger partial charge in [-0.15, -0.1) is 0 Å². The minimum atomic E-state index is -4.63. The Balaban J connectivity index is 1.27. The highest BCUT2D eigenvalue weighted by Crippen LogP contribution is 2.36. The van der Waals surface area contributed by atoms with Crippen LogP contribution < -0.4 is 10.5 Å². The number of hydrogen-bond acceptors (Lipinski definition) is 5. The van der Waals surface area contributed by atoms with Crippen LogP contribution in [0.1, 0.15) is 38.8 Å². The van der Waals surface area contributed by atoms with E-state index in [4.69, 9.17) is 15.5 Å². The molecule has 216 valence electrons. The molecule has 1 aliphatic rings. The van der Waals surface area contributed by atoms with Crippen molar-refractivity contribution in [2.45, 2.75) is 25.2 Å². The molecular weight excluding hydrogens is 555 g/mol. The molecule has 1 aliphatic heterocycles. The number of hydrogen-bond donors (Lipinski definition) is 1. The summed E-state index contributed by atoms with van der Waals surface area (Å²) in [7, 11) is 0. The summed E-state index contributed by atoms with van der Waals surface area (Å²) in [5.41, 5.74) is 8.71. The summed E-state index contributed by atoms with van der Waals surface area (Å²) >= 11 is 0. The predicted molar refractivity (Wildman–Crippen MR) is 156 cm³/mol. The molecule has 0 spiro atoms. The normalized spacial score (nSPS) is 15.2. The van der Waals surface area contributed by atoms with Crippen molar-refractivity contribution in [2.75, 3.05) is 6.54 Å². The maximum atomic E-state index is 13.5. The minimum absolute atomic E-state index is 0.160. The predicted octanol–water partition coefficient (Wildman–Crippen LogP) is 6.72. The van der Waals surface area contributed by atoms with Gasteiger partial charge in [0.05, 0.1) is 22.3 Å². The molecule has 2 heterocycles. The van der Waals surface area contributed by atoms with Crippen LogP contribution in [0.4, 0.5) is 13.2 Å². The van der Waals surface area contributed by atoms with Crippen LogP contribution in [0.3, 0.4) is 0 Å². The maximum absolute atomic E-state index is 13.5. The monoisotopic (exact) mass is 581 g/mol. The number of ether oxygens (including phenoxy) is 1. The second kappa shape index (κ2) is 11.3. The molecule has 6 rings (SSSR count). The SMILES string of the molecule is NC(=O)C1c2ccc(OC(=O)c3cc(C(F)(F)F)ccc3-c3ccccc3)cc2CCN1Cc1ccc2ccccc2n1. The fraction of sp³-hybridized carbons (Fsp3) is 0.147. The van der Waals surface area contributed by atoms with Crippen LogP contribution in [0.2, 0.25) is 0 Å². The third-order valence-electron chi connectivity index (χ3n) is 7.60. The molecule has 4 aromatic carbocycles. The van der Waals surface area contributed by atoms with Crippen molar-refractivity contribution in [3.8, 4) is 16.9 Å². The molecule has 0 bridgehead atoms. The lowest BCUT2D eigenvalue weighted by molar-refractivity contribution is -0.137. The Morgan fingerprint density at radius 3 is 2.44 bits per heavy atom. The van der Waals surface area contributed by atoms with Crippen molar-refractivity contribution >= 4 is 22.8 Å². The number of halogens is 3. The summed E-state index contributed by atoms with van der Waals surface area (Å²) in [6.45, 7) is 0.907. The van der Waals surface area contributed by atoms with Crippen LogP contribution in [0, 0.1) is 0 Å². The summed E-state index contributed by atoms with van der Waals surface area (Å²) in [5.74, 6) is -1.29. The van der Waals surface area contributed by atoms with Gasteiger partial charge in [0.25, 0.3) is 0 Å². The first-order chi connectivity index (χ1) is 20.7. The number of para-hydroxylation sites is 1. The lowest BCUT2D eigenvalue weighted by Crippen LogP contribution is -2.42. The lowest BCUT2D eigenvalue weighted by atomic mass is 9.91. The van der Waals surface area contributed by atoms with Crippen molar-refractivity contribution in [3.05, 3.63) is 131 Å². The maximum Gasteiger partial charge on any atom is 0.416 e. The van der Waals surface area contributed by atoms with E-state index in [0.29, 0.717) is 36.2 Å². The third kappa shape index (κ3) is 5.85. The quantitative estimate of drug-likeness (QED) is 0.178. The molecule has 0 fully saturated rings. The van der Waals surface area contributed by atoms with Crippen molar-refractivity contribution < 1.29 is 27.5 Å². The molecule has 5 aromatic rings. The topological polar surface area (TPSA) is 85.5 Å². The van der Waals surface area contributed by atoms with Crippen molar-refractivity contribution in [1.82, 2.24) is 9.88 Å². The molecule has 43 heavy (non-hydrogen) atoms. The Labute approximate surface area is 245 Å². The summed E-state index contributed by atoms with van der Waals surface area (Å²) in [6.07, 6.45) is -4.09. The average molecular weight is 582 g/mol. The van der Waals surface area contributed by atoms with Crippen LogP contribution in [-0.4, -0.2) is 28.3 Å². The first-order valence-corrected chi connectivity index (χ1v) is 13.7. The second-order valence-corrected chi connectivity index (χ2v) is 10.4. The van der Waals surface area contributed by atoms with E-state index in [1.165, 1.54) is 12.1 Å². The molecule has 2 N–H and O–H groups in total. The highest BCUT2D eigenvalue weighted by molar-refractivity contribution is 5.98. The summed E-state index contributed by atoms with van der Waals surface area (Å²) < 4.78 is 46.2. The summed E-state index contributed by atoms with van der Waals surface area (Å²) in [5, 5.41) is 1.02. The van der Waals surface area contributed by atoms with Gasteiger partial charge >= 0.3 is 12.1 Å². The number of nitrogens with two attached hydrogens (primary N) is 1. The molecule has 0 aliphatic carbocycles. The van der Waals surface area contributed by atoms with Gasteiger partial charge in [0, 0.05) is 18.5 Å². The van der Waals surface area contributed by atoms with Gasteiger partial charge < -0.3 is 10.5 Å². The zero-order chi connectivity index (χ0) is 30.1. The average Bonchev–Trinajstić information content (AvgIpc) is 3.00. The fourth-order valence-electron chi connectivity index (χ4n) is 5.55. The highest BCUT2D eigenvalue weighted by Gasteiger charge is 2.34. The number of alkyl halides is 3. The van der Waals surface area contributed by atoms with E-state index in [1.54, 1.807) is 42.5 Å². The number of carbonyl (C=O) groups excluding carboxylic acids is 2. The van der Waals surface area contributed by atoms with E-state index < -0.39 is 29.7 Å². The van der Waals surface area contributed by atoms with Crippen LogP contribution in [0.15, 0.2) is 103 Å². The highest BCUT2D eigenvalue weighted by atomic mass is 19.4. The lowest BCUT2D eigenvalue weighted by Gasteiger charge is -2.35. The standard InChI is InChI=1S/C34H26F3N3O3/c35-34(36,37)24-11-14-27(21-6-2-1-3-7-21)29(19-24)33(42)43-26-13-15-28-23(18-26)16-17-40(31(28)32(38)41)20-25-12-10-22-8-4-5-9-30(22)39-25/h1-15,18-19,31H,16-17,20H2,(H2,38,41). The van der Waals surface area contributed by atoms with E-state index in [2.05, 4.69) is 0 Å². The number of carbonyl (C=O) groups is 2. The molecule has 1 unspecified atom stereocenters. The summed E-state index contributed by atoms with van der Waals surface area (Å²) in [6, 6.07) is 27.5. The number of pyridine rings is 1. The van der Waals surface area contributed by atoms with Gasteiger partial charge in [0.1, 0.15) is 11.8 Å². The van der Waals surface area contributed by atoms with E-state index in [0.717, 1.165) is 34.3 Å². The number of primary amides is 1. The number of aromatic nitrogens is 1. The number of amides is 1. The summed E-state index contributed by atoms with van der Waals surface area (Å²) in [4.78, 5) is 32.6.